The first-order valence-corrected chi connectivity index (χ1v) is 14.2. The second-order valence-corrected chi connectivity index (χ2v) is 11.4. The van der Waals surface area contributed by atoms with Crippen LogP contribution in [0.5, 0.6) is 11.5 Å². The van der Waals surface area contributed by atoms with Crippen molar-refractivity contribution in [3.05, 3.63) is 80.5 Å². The molecule has 4 rings (SSSR count). The number of ether oxygens (including phenoxy) is 2. The Kier molecular flexibility index (Phi) is 9.34. The van der Waals surface area contributed by atoms with Gasteiger partial charge in [0.15, 0.2) is 0 Å². The van der Waals surface area contributed by atoms with Crippen LogP contribution in [0.1, 0.15) is 52.7 Å². The Morgan fingerprint density at radius 3 is 2.71 bits per heavy atom. The number of benzene rings is 2. The number of nitrogens with zero attached hydrogens (tertiary/aromatic N) is 2. The number of hydrogen-bond acceptors (Lipinski definition) is 5. The second-order valence-electron chi connectivity index (χ2n) is 9.98. The third kappa shape index (κ3) is 6.51. The summed E-state index contributed by atoms with van der Waals surface area (Å²) in [4.78, 5) is 32.2. The van der Waals surface area contributed by atoms with Crippen LogP contribution in [0.4, 0.5) is 0 Å². The van der Waals surface area contributed by atoms with Gasteiger partial charge in [-0.2, -0.15) is 0 Å². The van der Waals surface area contributed by atoms with Crippen molar-refractivity contribution in [3.63, 3.8) is 0 Å². The number of carbonyl (C=O) groups is 2. The first-order valence-electron chi connectivity index (χ1n) is 13.0. The maximum atomic E-state index is 13.8. The number of rotatable bonds is 10. The Morgan fingerprint density at radius 2 is 1.97 bits per heavy atom. The molecule has 0 saturated carbocycles. The molecule has 0 spiro atoms. The first kappa shape index (κ1) is 28.0. The SMILES string of the molecule is COc1ccccc1C(=O)N(CCC(C)C)CC(=O)N1CCc2sccc2[C@H]1COc1ccc(Cl)c(C)c1. The van der Waals surface area contributed by atoms with Crippen LogP contribution in [0.25, 0.3) is 0 Å². The van der Waals surface area contributed by atoms with E-state index < -0.39 is 0 Å². The van der Waals surface area contributed by atoms with Crippen LogP contribution in [0.2, 0.25) is 5.02 Å². The molecule has 2 aromatic carbocycles. The van der Waals surface area contributed by atoms with Crippen molar-refractivity contribution in [1.29, 1.82) is 0 Å². The summed E-state index contributed by atoms with van der Waals surface area (Å²) in [5.41, 5.74) is 2.51. The van der Waals surface area contributed by atoms with E-state index in [1.54, 1.807) is 35.5 Å². The Morgan fingerprint density at radius 1 is 1.18 bits per heavy atom. The average molecular weight is 555 g/mol. The van der Waals surface area contributed by atoms with Gasteiger partial charge in [-0.05, 0) is 78.6 Å². The molecule has 0 N–H and O–H groups in total. The van der Waals surface area contributed by atoms with E-state index >= 15 is 0 Å². The fourth-order valence-corrected chi connectivity index (χ4v) is 5.71. The fraction of sp³-hybridized carbons (Fsp3) is 0.400. The molecule has 1 atom stereocenters. The summed E-state index contributed by atoms with van der Waals surface area (Å²) in [6, 6.07) is 14.6. The summed E-state index contributed by atoms with van der Waals surface area (Å²) in [7, 11) is 1.55. The molecule has 6 nitrogen and oxygen atoms in total. The molecular formula is C30H35ClN2O4S. The molecule has 8 heteroatoms. The highest BCUT2D eigenvalue weighted by atomic mass is 35.5. The van der Waals surface area contributed by atoms with Gasteiger partial charge < -0.3 is 19.3 Å². The van der Waals surface area contributed by atoms with E-state index in [2.05, 4.69) is 25.3 Å². The van der Waals surface area contributed by atoms with E-state index in [4.69, 9.17) is 21.1 Å². The lowest BCUT2D eigenvalue weighted by molar-refractivity contribution is -0.135. The smallest absolute Gasteiger partial charge is 0.258 e. The van der Waals surface area contributed by atoms with Crippen molar-refractivity contribution in [3.8, 4) is 11.5 Å². The van der Waals surface area contributed by atoms with Crippen LogP contribution in [-0.2, 0) is 11.2 Å². The number of para-hydroxylation sites is 1. The molecule has 38 heavy (non-hydrogen) atoms. The minimum absolute atomic E-state index is 0.000372. The summed E-state index contributed by atoms with van der Waals surface area (Å²) in [6.07, 6.45) is 1.59. The predicted octanol–water partition coefficient (Wildman–Crippen LogP) is 6.41. The molecule has 0 saturated heterocycles. The number of amides is 2. The van der Waals surface area contributed by atoms with Gasteiger partial charge in [0.25, 0.3) is 5.91 Å². The van der Waals surface area contributed by atoms with Gasteiger partial charge in [0.05, 0.1) is 18.7 Å². The minimum Gasteiger partial charge on any atom is -0.496 e. The maximum Gasteiger partial charge on any atom is 0.258 e. The highest BCUT2D eigenvalue weighted by molar-refractivity contribution is 7.10. The zero-order chi connectivity index (χ0) is 27.2. The van der Waals surface area contributed by atoms with Crippen LogP contribution in [0.15, 0.2) is 53.9 Å². The van der Waals surface area contributed by atoms with E-state index in [1.165, 1.54) is 4.88 Å². The highest BCUT2D eigenvalue weighted by Crippen LogP contribution is 2.34. The fourth-order valence-electron chi connectivity index (χ4n) is 4.67. The summed E-state index contributed by atoms with van der Waals surface area (Å²) in [6.45, 7) is 7.56. The van der Waals surface area contributed by atoms with Gasteiger partial charge in [0.1, 0.15) is 24.7 Å². The maximum absolute atomic E-state index is 13.8. The second kappa shape index (κ2) is 12.7. The van der Waals surface area contributed by atoms with E-state index in [1.807, 2.05) is 42.2 Å². The van der Waals surface area contributed by atoms with Crippen molar-refractivity contribution in [1.82, 2.24) is 9.80 Å². The predicted molar refractivity (Wildman–Crippen MR) is 153 cm³/mol. The molecule has 3 aromatic rings. The number of halogens is 1. The Labute approximate surface area is 234 Å². The average Bonchev–Trinajstić information content (AvgIpc) is 3.40. The van der Waals surface area contributed by atoms with Gasteiger partial charge in [-0.1, -0.05) is 37.6 Å². The monoisotopic (exact) mass is 554 g/mol. The van der Waals surface area contributed by atoms with Crippen LogP contribution in [-0.4, -0.2) is 55.0 Å². The molecule has 1 aliphatic rings. The molecule has 2 heterocycles. The molecule has 1 aromatic heterocycles. The molecule has 0 radical (unpaired) electrons. The third-order valence-corrected chi connectivity index (χ3v) is 8.30. The lowest BCUT2D eigenvalue weighted by atomic mass is 10.00. The minimum atomic E-state index is -0.234. The highest BCUT2D eigenvalue weighted by Gasteiger charge is 2.34. The van der Waals surface area contributed by atoms with Crippen molar-refractivity contribution in [2.45, 2.75) is 39.7 Å². The molecule has 2 amide bonds. The molecule has 0 bridgehead atoms. The van der Waals surface area contributed by atoms with Crippen LogP contribution in [0, 0.1) is 12.8 Å². The summed E-state index contributed by atoms with van der Waals surface area (Å²) < 4.78 is 11.6. The normalized spacial score (nSPS) is 14.8. The van der Waals surface area contributed by atoms with Crippen LogP contribution in [0.3, 0.4) is 0 Å². The number of methoxy groups -OCH3 is 1. The largest absolute Gasteiger partial charge is 0.496 e. The lowest BCUT2D eigenvalue weighted by Gasteiger charge is -2.37. The summed E-state index contributed by atoms with van der Waals surface area (Å²) in [5.74, 6) is 1.32. The number of thiophene rings is 1. The number of hydrogen-bond donors (Lipinski definition) is 0. The zero-order valence-corrected chi connectivity index (χ0v) is 24.0. The summed E-state index contributed by atoms with van der Waals surface area (Å²) in [5, 5.41) is 2.76. The van der Waals surface area contributed by atoms with Crippen LogP contribution < -0.4 is 9.47 Å². The molecule has 1 aliphatic heterocycles. The van der Waals surface area contributed by atoms with E-state index in [0.717, 1.165) is 24.0 Å². The van der Waals surface area contributed by atoms with Crippen molar-refractivity contribution < 1.29 is 19.1 Å². The Bertz CT molecular complexity index is 1270. The summed E-state index contributed by atoms with van der Waals surface area (Å²) >= 11 is 7.89. The van der Waals surface area contributed by atoms with E-state index in [0.29, 0.717) is 47.7 Å². The molecule has 202 valence electrons. The van der Waals surface area contributed by atoms with Gasteiger partial charge in [-0.25, -0.2) is 0 Å². The quantitative estimate of drug-likeness (QED) is 0.290. The number of aryl methyl sites for hydroxylation is 1. The molecular weight excluding hydrogens is 520 g/mol. The van der Waals surface area contributed by atoms with Gasteiger partial charge in [-0.15, -0.1) is 11.3 Å². The molecule has 0 unspecified atom stereocenters. The molecule has 0 aliphatic carbocycles. The molecule has 0 fully saturated rings. The zero-order valence-electron chi connectivity index (χ0n) is 22.4. The van der Waals surface area contributed by atoms with Gasteiger partial charge in [0, 0.05) is 23.0 Å². The number of fused-ring (bicyclic) bond motifs is 1. The van der Waals surface area contributed by atoms with Crippen LogP contribution >= 0.6 is 22.9 Å². The van der Waals surface area contributed by atoms with Crippen molar-refractivity contribution in [2.75, 3.05) is 33.4 Å². The first-order chi connectivity index (χ1) is 18.3. The Balaban J connectivity index is 1.55. The lowest BCUT2D eigenvalue weighted by Crippen LogP contribution is -2.48. The van der Waals surface area contributed by atoms with Gasteiger partial charge >= 0.3 is 0 Å². The topological polar surface area (TPSA) is 59.1 Å². The van der Waals surface area contributed by atoms with Gasteiger partial charge in [0.2, 0.25) is 5.91 Å². The van der Waals surface area contributed by atoms with Gasteiger partial charge in [-0.3, -0.25) is 9.59 Å². The van der Waals surface area contributed by atoms with Crippen molar-refractivity contribution in [2.24, 2.45) is 5.92 Å². The van der Waals surface area contributed by atoms with E-state index in [-0.39, 0.29) is 24.4 Å². The van der Waals surface area contributed by atoms with Crippen molar-refractivity contribution >= 4 is 34.8 Å². The standard InChI is InChI=1S/C30H35ClN2O4S/c1-20(2)11-14-32(30(35)24-7-5-6-8-27(24)36-4)18-29(34)33-15-12-28-23(13-16-38-28)26(33)19-37-22-9-10-25(31)21(3)17-22/h5-10,13,16-17,20,26H,11-12,14-15,18-19H2,1-4H3/t26-/m1/s1. The Hall–Kier alpha value is -3.03. The number of carbonyl (C=O) groups excluding carboxylic acids is 2. The van der Waals surface area contributed by atoms with E-state index in [9.17, 15) is 9.59 Å². The third-order valence-electron chi connectivity index (χ3n) is 6.88.